The van der Waals surface area contributed by atoms with Crippen molar-refractivity contribution in [2.45, 2.75) is 6.92 Å². The summed E-state index contributed by atoms with van der Waals surface area (Å²) in [5.74, 6) is -0.459. The van der Waals surface area contributed by atoms with Gasteiger partial charge in [0.05, 0.1) is 10.7 Å². The standard InChI is InChI=1S/C11H6ClFN2S/c1-6-10(5-14)16-11(15-6)7-2-3-9(13)8(12)4-7/h2-4H,1H3. The summed E-state index contributed by atoms with van der Waals surface area (Å²) in [5.41, 5.74) is 1.41. The zero-order valence-corrected chi connectivity index (χ0v) is 9.86. The van der Waals surface area contributed by atoms with Gasteiger partial charge in [0, 0.05) is 5.56 Å². The van der Waals surface area contributed by atoms with E-state index in [9.17, 15) is 4.39 Å². The molecule has 0 spiro atoms. The van der Waals surface area contributed by atoms with Gasteiger partial charge in [-0.25, -0.2) is 9.37 Å². The average Bonchev–Trinajstić information content (AvgIpc) is 2.64. The normalized spacial score (nSPS) is 10.1. The Kier molecular flexibility index (Phi) is 2.90. The van der Waals surface area contributed by atoms with Crippen LogP contribution in [0.25, 0.3) is 10.6 Å². The van der Waals surface area contributed by atoms with Gasteiger partial charge < -0.3 is 0 Å². The van der Waals surface area contributed by atoms with E-state index in [2.05, 4.69) is 11.1 Å². The van der Waals surface area contributed by atoms with Crippen LogP contribution in [0.3, 0.4) is 0 Å². The Morgan fingerprint density at radius 2 is 2.25 bits per heavy atom. The van der Waals surface area contributed by atoms with Gasteiger partial charge in [0.15, 0.2) is 0 Å². The predicted octanol–water partition coefficient (Wildman–Crippen LogP) is 3.78. The number of nitrogens with zero attached hydrogens (tertiary/aromatic N) is 2. The molecule has 0 fully saturated rings. The van der Waals surface area contributed by atoms with Crippen LogP contribution in [0.4, 0.5) is 4.39 Å². The first-order chi connectivity index (χ1) is 7.61. The van der Waals surface area contributed by atoms with Crippen molar-refractivity contribution in [1.29, 1.82) is 5.26 Å². The quantitative estimate of drug-likeness (QED) is 0.774. The highest BCUT2D eigenvalue weighted by Gasteiger charge is 2.10. The summed E-state index contributed by atoms with van der Waals surface area (Å²) in [6.45, 7) is 1.77. The fourth-order valence-corrected chi connectivity index (χ4v) is 2.29. The lowest BCUT2D eigenvalue weighted by molar-refractivity contribution is 0.628. The van der Waals surface area contributed by atoms with Crippen LogP contribution in [-0.4, -0.2) is 4.98 Å². The summed E-state index contributed by atoms with van der Waals surface area (Å²) >= 11 is 6.95. The molecule has 1 aromatic heterocycles. The number of thiazole rings is 1. The van der Waals surface area contributed by atoms with Gasteiger partial charge in [0.25, 0.3) is 0 Å². The first-order valence-electron chi connectivity index (χ1n) is 4.45. The van der Waals surface area contributed by atoms with Crippen LogP contribution in [0, 0.1) is 24.1 Å². The van der Waals surface area contributed by atoms with Crippen molar-refractivity contribution < 1.29 is 4.39 Å². The maximum absolute atomic E-state index is 13.0. The molecule has 1 aromatic carbocycles. The molecule has 0 radical (unpaired) electrons. The van der Waals surface area contributed by atoms with E-state index in [0.717, 1.165) is 5.56 Å². The number of rotatable bonds is 1. The highest BCUT2D eigenvalue weighted by Crippen LogP contribution is 2.29. The number of nitriles is 1. The third kappa shape index (κ3) is 1.92. The van der Waals surface area contributed by atoms with Crippen molar-refractivity contribution in [2.24, 2.45) is 0 Å². The molecule has 2 rings (SSSR count). The summed E-state index contributed by atoms with van der Waals surface area (Å²) in [6.07, 6.45) is 0. The second kappa shape index (κ2) is 4.20. The van der Waals surface area contributed by atoms with E-state index in [-0.39, 0.29) is 5.02 Å². The molecule has 2 aromatic rings. The van der Waals surface area contributed by atoms with Crippen molar-refractivity contribution in [1.82, 2.24) is 4.98 Å². The molecular formula is C11H6ClFN2S. The number of benzene rings is 1. The number of aromatic nitrogens is 1. The van der Waals surface area contributed by atoms with Gasteiger partial charge in [0.1, 0.15) is 21.8 Å². The molecule has 80 valence electrons. The lowest BCUT2D eigenvalue weighted by Gasteiger charge is -1.97. The van der Waals surface area contributed by atoms with Gasteiger partial charge in [-0.15, -0.1) is 11.3 Å². The molecule has 0 aliphatic rings. The topological polar surface area (TPSA) is 36.7 Å². The van der Waals surface area contributed by atoms with Crippen LogP contribution >= 0.6 is 22.9 Å². The number of halogens is 2. The summed E-state index contributed by atoms with van der Waals surface area (Å²) in [5, 5.41) is 9.55. The predicted molar refractivity (Wildman–Crippen MR) is 62.0 cm³/mol. The molecule has 0 atom stereocenters. The van der Waals surface area contributed by atoms with E-state index in [1.807, 2.05) is 0 Å². The van der Waals surface area contributed by atoms with Gasteiger partial charge in [-0.2, -0.15) is 5.26 Å². The molecular weight excluding hydrogens is 247 g/mol. The van der Waals surface area contributed by atoms with Crippen LogP contribution in [0.1, 0.15) is 10.6 Å². The monoisotopic (exact) mass is 252 g/mol. The first-order valence-corrected chi connectivity index (χ1v) is 5.64. The van der Waals surface area contributed by atoms with E-state index in [1.54, 1.807) is 13.0 Å². The third-order valence-corrected chi connectivity index (χ3v) is 3.47. The minimum atomic E-state index is -0.459. The number of hydrogen-bond acceptors (Lipinski definition) is 3. The molecule has 0 bridgehead atoms. The second-order valence-corrected chi connectivity index (χ2v) is 4.58. The molecule has 0 aliphatic carbocycles. The van der Waals surface area contributed by atoms with E-state index < -0.39 is 5.82 Å². The second-order valence-electron chi connectivity index (χ2n) is 3.17. The zero-order chi connectivity index (χ0) is 11.7. The smallest absolute Gasteiger partial charge is 0.141 e. The summed E-state index contributed by atoms with van der Waals surface area (Å²) in [4.78, 5) is 4.80. The first kappa shape index (κ1) is 11.1. The van der Waals surface area contributed by atoms with Gasteiger partial charge in [-0.3, -0.25) is 0 Å². The Balaban J connectivity index is 2.51. The third-order valence-electron chi connectivity index (χ3n) is 2.06. The molecule has 0 amide bonds. The SMILES string of the molecule is Cc1nc(-c2ccc(F)c(Cl)c2)sc1C#N. The number of aryl methyl sites for hydroxylation is 1. The Bertz CT molecular complexity index is 586. The Labute approximate surface area is 101 Å². The van der Waals surface area contributed by atoms with E-state index in [0.29, 0.717) is 15.6 Å². The minimum absolute atomic E-state index is 0.0591. The van der Waals surface area contributed by atoms with Crippen LogP contribution in [0.2, 0.25) is 5.02 Å². The lowest BCUT2D eigenvalue weighted by atomic mass is 10.2. The van der Waals surface area contributed by atoms with Crippen molar-refractivity contribution >= 4 is 22.9 Å². The highest BCUT2D eigenvalue weighted by atomic mass is 35.5. The maximum Gasteiger partial charge on any atom is 0.141 e. The summed E-state index contributed by atoms with van der Waals surface area (Å²) < 4.78 is 13.0. The van der Waals surface area contributed by atoms with E-state index >= 15 is 0 Å². The average molecular weight is 253 g/mol. The van der Waals surface area contributed by atoms with E-state index in [1.165, 1.54) is 23.5 Å². The molecule has 0 saturated heterocycles. The maximum atomic E-state index is 13.0. The van der Waals surface area contributed by atoms with Crippen LogP contribution in [0.5, 0.6) is 0 Å². The lowest BCUT2D eigenvalue weighted by Crippen LogP contribution is -1.80. The van der Waals surface area contributed by atoms with Gasteiger partial charge in [-0.1, -0.05) is 11.6 Å². The molecule has 0 saturated carbocycles. The fourth-order valence-electron chi connectivity index (χ4n) is 1.25. The zero-order valence-electron chi connectivity index (χ0n) is 8.29. The molecule has 2 nitrogen and oxygen atoms in total. The Morgan fingerprint density at radius 3 is 2.81 bits per heavy atom. The Morgan fingerprint density at radius 1 is 1.50 bits per heavy atom. The van der Waals surface area contributed by atoms with Crippen molar-refractivity contribution in [2.75, 3.05) is 0 Å². The van der Waals surface area contributed by atoms with Gasteiger partial charge >= 0.3 is 0 Å². The molecule has 0 unspecified atom stereocenters. The van der Waals surface area contributed by atoms with E-state index in [4.69, 9.17) is 16.9 Å². The number of hydrogen-bond donors (Lipinski definition) is 0. The molecule has 0 aliphatic heterocycles. The van der Waals surface area contributed by atoms with Crippen LogP contribution < -0.4 is 0 Å². The highest BCUT2D eigenvalue weighted by molar-refractivity contribution is 7.15. The van der Waals surface area contributed by atoms with Crippen molar-refractivity contribution in [3.8, 4) is 16.6 Å². The largest absolute Gasteiger partial charge is 0.240 e. The van der Waals surface area contributed by atoms with Crippen LogP contribution in [0.15, 0.2) is 18.2 Å². The molecule has 16 heavy (non-hydrogen) atoms. The molecule has 1 heterocycles. The molecule has 0 N–H and O–H groups in total. The minimum Gasteiger partial charge on any atom is -0.240 e. The van der Waals surface area contributed by atoms with Crippen molar-refractivity contribution in [3.05, 3.63) is 39.6 Å². The fraction of sp³-hybridized carbons (Fsp3) is 0.0909. The Hall–Kier alpha value is -1.44. The van der Waals surface area contributed by atoms with Crippen molar-refractivity contribution in [3.63, 3.8) is 0 Å². The summed E-state index contributed by atoms with van der Waals surface area (Å²) in [7, 11) is 0. The molecule has 5 heteroatoms. The van der Waals surface area contributed by atoms with Gasteiger partial charge in [-0.05, 0) is 25.1 Å². The summed E-state index contributed by atoms with van der Waals surface area (Å²) in [6, 6.07) is 6.46. The van der Waals surface area contributed by atoms with Gasteiger partial charge in [0.2, 0.25) is 0 Å². The van der Waals surface area contributed by atoms with Crippen LogP contribution in [-0.2, 0) is 0 Å².